The standard InChI is InChI=1S/C19H27NO/c1-2-10-20(14-15-6-4-3-5-7-15)19(21)13-18-12-16-8-9-17(18)11-16/h3-7,16-18H,2,8-14H2,1H3. The second-order valence-corrected chi connectivity index (χ2v) is 6.94. The molecule has 1 aromatic rings. The van der Waals surface area contributed by atoms with Crippen LogP contribution in [0.5, 0.6) is 0 Å². The van der Waals surface area contributed by atoms with Crippen LogP contribution in [0.4, 0.5) is 0 Å². The Kier molecular flexibility index (Phi) is 4.62. The van der Waals surface area contributed by atoms with E-state index in [0.717, 1.165) is 37.8 Å². The van der Waals surface area contributed by atoms with Gasteiger partial charge in [-0.25, -0.2) is 0 Å². The Hall–Kier alpha value is -1.31. The number of carbonyl (C=O) groups excluding carboxylic acids is 1. The Balaban J connectivity index is 1.59. The highest BCUT2D eigenvalue weighted by Gasteiger charge is 2.40. The van der Waals surface area contributed by atoms with Crippen molar-refractivity contribution in [3.63, 3.8) is 0 Å². The minimum atomic E-state index is 0.373. The van der Waals surface area contributed by atoms with Crippen LogP contribution in [0.2, 0.25) is 0 Å². The van der Waals surface area contributed by atoms with E-state index >= 15 is 0 Å². The summed E-state index contributed by atoms with van der Waals surface area (Å²) in [5.41, 5.74) is 1.24. The van der Waals surface area contributed by atoms with E-state index in [9.17, 15) is 4.79 Å². The molecule has 0 radical (unpaired) electrons. The van der Waals surface area contributed by atoms with Crippen LogP contribution < -0.4 is 0 Å². The van der Waals surface area contributed by atoms with Gasteiger partial charge in [-0.1, -0.05) is 43.7 Å². The average molecular weight is 285 g/mol. The lowest BCUT2D eigenvalue weighted by molar-refractivity contribution is -0.133. The van der Waals surface area contributed by atoms with Crippen LogP contribution in [0.1, 0.15) is 51.0 Å². The normalized spacial score (nSPS) is 27.0. The Morgan fingerprint density at radius 3 is 2.62 bits per heavy atom. The first-order valence-electron chi connectivity index (χ1n) is 8.58. The van der Waals surface area contributed by atoms with E-state index in [1.807, 2.05) is 6.07 Å². The molecule has 2 aliphatic rings. The second-order valence-electron chi connectivity index (χ2n) is 6.94. The molecule has 2 nitrogen and oxygen atoms in total. The molecule has 1 amide bonds. The first-order chi connectivity index (χ1) is 10.3. The molecule has 2 aliphatic carbocycles. The molecule has 0 heterocycles. The number of amides is 1. The zero-order chi connectivity index (χ0) is 14.7. The van der Waals surface area contributed by atoms with Crippen molar-refractivity contribution in [2.75, 3.05) is 6.54 Å². The number of carbonyl (C=O) groups is 1. The molecule has 2 fully saturated rings. The van der Waals surface area contributed by atoms with Crippen molar-refractivity contribution in [3.05, 3.63) is 35.9 Å². The molecule has 3 rings (SSSR count). The fourth-order valence-electron chi connectivity index (χ4n) is 4.35. The molecular formula is C19H27NO. The summed E-state index contributed by atoms with van der Waals surface area (Å²) in [6.45, 7) is 3.81. The maximum absolute atomic E-state index is 12.7. The van der Waals surface area contributed by atoms with E-state index in [1.54, 1.807) is 0 Å². The summed E-state index contributed by atoms with van der Waals surface area (Å²) < 4.78 is 0. The minimum absolute atomic E-state index is 0.373. The maximum Gasteiger partial charge on any atom is 0.223 e. The lowest BCUT2D eigenvalue weighted by Crippen LogP contribution is -2.33. The lowest BCUT2D eigenvalue weighted by Gasteiger charge is -2.27. The van der Waals surface area contributed by atoms with E-state index in [4.69, 9.17) is 0 Å². The van der Waals surface area contributed by atoms with Gasteiger partial charge in [0.05, 0.1) is 0 Å². The Morgan fingerprint density at radius 2 is 2.00 bits per heavy atom. The van der Waals surface area contributed by atoms with Crippen molar-refractivity contribution < 1.29 is 4.79 Å². The summed E-state index contributed by atoms with van der Waals surface area (Å²) in [6, 6.07) is 10.4. The van der Waals surface area contributed by atoms with Gasteiger partial charge < -0.3 is 4.90 Å². The number of hydrogen-bond donors (Lipinski definition) is 0. The predicted molar refractivity (Wildman–Crippen MR) is 85.7 cm³/mol. The van der Waals surface area contributed by atoms with Gasteiger partial charge >= 0.3 is 0 Å². The third-order valence-electron chi connectivity index (χ3n) is 5.38. The van der Waals surface area contributed by atoms with Crippen molar-refractivity contribution in [1.29, 1.82) is 0 Å². The number of rotatable bonds is 6. The van der Waals surface area contributed by atoms with Crippen LogP contribution in [-0.2, 0) is 11.3 Å². The monoisotopic (exact) mass is 285 g/mol. The highest BCUT2D eigenvalue weighted by molar-refractivity contribution is 5.76. The van der Waals surface area contributed by atoms with E-state index < -0.39 is 0 Å². The minimum Gasteiger partial charge on any atom is -0.338 e. The third-order valence-corrected chi connectivity index (χ3v) is 5.38. The molecule has 21 heavy (non-hydrogen) atoms. The highest BCUT2D eigenvalue weighted by atomic mass is 16.2. The van der Waals surface area contributed by atoms with E-state index in [1.165, 1.54) is 31.2 Å². The van der Waals surface area contributed by atoms with E-state index in [-0.39, 0.29) is 0 Å². The fraction of sp³-hybridized carbons (Fsp3) is 0.632. The molecule has 0 N–H and O–H groups in total. The molecule has 0 aliphatic heterocycles. The first-order valence-corrected chi connectivity index (χ1v) is 8.58. The van der Waals surface area contributed by atoms with Gasteiger partial charge in [0.1, 0.15) is 0 Å². The molecular weight excluding hydrogens is 258 g/mol. The summed E-state index contributed by atoms with van der Waals surface area (Å²) in [5, 5.41) is 0. The first kappa shape index (κ1) is 14.6. The van der Waals surface area contributed by atoms with Gasteiger partial charge in [0, 0.05) is 19.5 Å². The summed E-state index contributed by atoms with van der Waals surface area (Å²) >= 11 is 0. The summed E-state index contributed by atoms with van der Waals surface area (Å²) in [6.07, 6.45) is 7.31. The summed E-state index contributed by atoms with van der Waals surface area (Å²) in [5.74, 6) is 2.82. The summed E-state index contributed by atoms with van der Waals surface area (Å²) in [7, 11) is 0. The predicted octanol–water partition coefficient (Wildman–Crippen LogP) is 4.25. The quantitative estimate of drug-likeness (QED) is 0.765. The number of benzene rings is 1. The van der Waals surface area contributed by atoms with Gasteiger partial charge in [0.25, 0.3) is 0 Å². The molecule has 114 valence electrons. The van der Waals surface area contributed by atoms with Gasteiger partial charge in [-0.05, 0) is 49.0 Å². The van der Waals surface area contributed by atoms with Gasteiger partial charge in [0.15, 0.2) is 0 Å². The molecule has 3 atom stereocenters. The zero-order valence-electron chi connectivity index (χ0n) is 13.1. The molecule has 2 saturated carbocycles. The van der Waals surface area contributed by atoms with Crippen LogP contribution in [0.3, 0.4) is 0 Å². The fourth-order valence-corrected chi connectivity index (χ4v) is 4.35. The Labute approximate surface area is 128 Å². The highest BCUT2D eigenvalue weighted by Crippen LogP contribution is 2.49. The smallest absolute Gasteiger partial charge is 0.223 e. The second kappa shape index (κ2) is 6.64. The number of hydrogen-bond acceptors (Lipinski definition) is 1. The van der Waals surface area contributed by atoms with Gasteiger partial charge in [-0.3, -0.25) is 4.79 Å². The molecule has 3 unspecified atom stereocenters. The molecule has 0 aromatic heterocycles. The number of fused-ring (bicyclic) bond motifs is 2. The van der Waals surface area contributed by atoms with Gasteiger partial charge in [-0.15, -0.1) is 0 Å². The molecule has 1 aromatic carbocycles. The van der Waals surface area contributed by atoms with Crippen LogP contribution in [-0.4, -0.2) is 17.4 Å². The summed E-state index contributed by atoms with van der Waals surface area (Å²) in [4.78, 5) is 14.8. The van der Waals surface area contributed by atoms with E-state index in [2.05, 4.69) is 36.1 Å². The number of nitrogens with zero attached hydrogens (tertiary/aromatic N) is 1. The van der Waals surface area contributed by atoms with Crippen LogP contribution >= 0.6 is 0 Å². The van der Waals surface area contributed by atoms with Crippen LogP contribution in [0.15, 0.2) is 30.3 Å². The Morgan fingerprint density at radius 1 is 1.19 bits per heavy atom. The van der Waals surface area contributed by atoms with Crippen LogP contribution in [0.25, 0.3) is 0 Å². The van der Waals surface area contributed by atoms with Gasteiger partial charge in [-0.2, -0.15) is 0 Å². The van der Waals surface area contributed by atoms with Crippen molar-refractivity contribution in [1.82, 2.24) is 4.90 Å². The van der Waals surface area contributed by atoms with Crippen molar-refractivity contribution >= 4 is 5.91 Å². The lowest BCUT2D eigenvalue weighted by atomic mass is 9.86. The van der Waals surface area contributed by atoms with Gasteiger partial charge in [0.2, 0.25) is 5.91 Å². The molecule has 2 bridgehead atoms. The largest absolute Gasteiger partial charge is 0.338 e. The zero-order valence-corrected chi connectivity index (χ0v) is 13.1. The van der Waals surface area contributed by atoms with Crippen molar-refractivity contribution in [3.8, 4) is 0 Å². The van der Waals surface area contributed by atoms with Crippen molar-refractivity contribution in [2.45, 2.75) is 52.0 Å². The third kappa shape index (κ3) is 3.48. The SMILES string of the molecule is CCCN(Cc1ccccc1)C(=O)CC1CC2CCC1C2. The van der Waals surface area contributed by atoms with E-state index in [0.29, 0.717) is 11.8 Å². The maximum atomic E-state index is 12.7. The van der Waals surface area contributed by atoms with Crippen LogP contribution in [0, 0.1) is 17.8 Å². The Bertz CT molecular complexity index is 470. The molecule has 0 spiro atoms. The molecule has 0 saturated heterocycles. The average Bonchev–Trinajstić information content (AvgIpc) is 3.10. The molecule has 2 heteroatoms. The van der Waals surface area contributed by atoms with Crippen molar-refractivity contribution in [2.24, 2.45) is 17.8 Å². The topological polar surface area (TPSA) is 20.3 Å².